The second-order valence-corrected chi connectivity index (χ2v) is 4.52. The van der Waals surface area contributed by atoms with E-state index < -0.39 is 0 Å². The fourth-order valence-electron chi connectivity index (χ4n) is 2.10. The molecule has 0 aliphatic rings. The number of isocyanates is 1. The summed E-state index contributed by atoms with van der Waals surface area (Å²) >= 11 is 0. The van der Waals surface area contributed by atoms with E-state index in [-0.39, 0.29) is 0 Å². The molecule has 0 N–H and O–H groups in total. The van der Waals surface area contributed by atoms with E-state index in [2.05, 4.69) is 17.1 Å². The summed E-state index contributed by atoms with van der Waals surface area (Å²) in [7, 11) is 0. The van der Waals surface area contributed by atoms with Crippen molar-refractivity contribution in [3.63, 3.8) is 0 Å². The number of hydrogen-bond donors (Lipinski definition) is 0. The van der Waals surface area contributed by atoms with Gasteiger partial charge in [-0.05, 0) is 37.0 Å². The number of unbranched alkanes of at least 4 members (excludes halogenated alkanes) is 3. The Bertz CT molecular complexity index is 632. The van der Waals surface area contributed by atoms with E-state index in [0.29, 0.717) is 35.2 Å². The third-order valence-corrected chi connectivity index (χ3v) is 3.13. The smallest absolute Gasteiger partial charge is 0.211 e. The summed E-state index contributed by atoms with van der Waals surface area (Å²) in [4.78, 5) is 13.4. The zero-order valence-electron chi connectivity index (χ0n) is 11.6. The number of carbonyl (C=O) groups excluding carboxylic acids is 1. The van der Waals surface area contributed by atoms with Gasteiger partial charge in [0.1, 0.15) is 0 Å². The summed E-state index contributed by atoms with van der Waals surface area (Å²) < 4.78 is 0. The molecule has 0 heterocycles. The molecule has 0 amide bonds. The summed E-state index contributed by atoms with van der Waals surface area (Å²) in [5.41, 5.74) is 1.84. The van der Waals surface area contributed by atoms with Crippen molar-refractivity contribution in [2.24, 2.45) is 4.99 Å². The highest BCUT2D eigenvalue weighted by Crippen LogP contribution is 2.19. The highest BCUT2D eigenvalue weighted by atomic mass is 16.1. The Morgan fingerprint density at radius 3 is 2.05 bits per heavy atom. The predicted molar refractivity (Wildman–Crippen MR) is 75.7 cm³/mol. The predicted octanol–water partition coefficient (Wildman–Crippen LogP) is 2.74. The van der Waals surface area contributed by atoms with Crippen LogP contribution in [0.15, 0.2) is 17.1 Å². The van der Waals surface area contributed by atoms with E-state index in [1.165, 1.54) is 18.2 Å². The minimum Gasteiger partial charge on any atom is -0.211 e. The van der Waals surface area contributed by atoms with E-state index in [0.717, 1.165) is 25.7 Å². The van der Waals surface area contributed by atoms with Crippen LogP contribution in [-0.2, 0) is 11.2 Å². The molecule has 0 unspecified atom stereocenters. The molecule has 0 atom stereocenters. The first kappa shape index (κ1) is 16.1. The fraction of sp³-hybridized carbons (Fsp3) is 0.375. The van der Waals surface area contributed by atoms with Crippen LogP contribution in [0.25, 0.3) is 0 Å². The highest BCUT2D eigenvalue weighted by molar-refractivity contribution is 5.53. The summed E-state index contributed by atoms with van der Waals surface area (Å²) in [6.45, 7) is 0.493. The topological polar surface area (TPSA) is 101 Å². The number of benzene rings is 1. The molecule has 21 heavy (non-hydrogen) atoms. The number of hydrogen-bond acceptors (Lipinski definition) is 5. The van der Waals surface area contributed by atoms with Crippen molar-refractivity contribution >= 4 is 6.08 Å². The van der Waals surface area contributed by atoms with Gasteiger partial charge in [-0.15, -0.1) is 0 Å². The van der Waals surface area contributed by atoms with Crippen LogP contribution in [0, 0.1) is 34.0 Å². The van der Waals surface area contributed by atoms with Gasteiger partial charge in [0.25, 0.3) is 0 Å². The van der Waals surface area contributed by atoms with E-state index in [1.54, 1.807) is 0 Å². The molecule has 0 saturated heterocycles. The molecule has 1 aromatic carbocycles. The molecule has 0 fully saturated rings. The number of nitrogens with zero attached hydrogens (tertiary/aromatic N) is 4. The molecule has 0 bridgehead atoms. The van der Waals surface area contributed by atoms with Crippen LogP contribution in [0.2, 0.25) is 0 Å². The lowest BCUT2D eigenvalue weighted by molar-refractivity contribution is 0.561. The van der Waals surface area contributed by atoms with Gasteiger partial charge < -0.3 is 0 Å². The molecule has 5 nitrogen and oxygen atoms in total. The Kier molecular flexibility index (Phi) is 6.95. The Balaban J connectivity index is 2.67. The van der Waals surface area contributed by atoms with Crippen LogP contribution in [0.3, 0.4) is 0 Å². The van der Waals surface area contributed by atoms with E-state index >= 15 is 0 Å². The van der Waals surface area contributed by atoms with Crippen LogP contribution in [0.1, 0.15) is 47.9 Å². The second-order valence-electron chi connectivity index (χ2n) is 4.52. The van der Waals surface area contributed by atoms with Gasteiger partial charge in [-0.2, -0.15) is 15.8 Å². The van der Waals surface area contributed by atoms with Crippen molar-refractivity contribution in [3.05, 3.63) is 34.4 Å². The number of aliphatic imine (C=N–C) groups is 1. The van der Waals surface area contributed by atoms with Gasteiger partial charge in [0.2, 0.25) is 6.08 Å². The summed E-state index contributed by atoms with van der Waals surface area (Å²) in [6.07, 6.45) is 5.69. The Labute approximate surface area is 123 Å². The van der Waals surface area contributed by atoms with Crippen LogP contribution in [0.4, 0.5) is 0 Å². The second kappa shape index (κ2) is 9.05. The molecule has 1 rings (SSSR count). The standard InChI is InChI=1S/C16H14N4O/c17-9-13-7-14(10-18)16(15(8-13)11-19)5-3-1-2-4-6-20-12-21/h7-8H,1-6H2. The fourth-order valence-corrected chi connectivity index (χ4v) is 2.10. The van der Waals surface area contributed by atoms with Crippen molar-refractivity contribution in [1.29, 1.82) is 15.8 Å². The van der Waals surface area contributed by atoms with Crippen LogP contribution in [-0.4, -0.2) is 12.6 Å². The Morgan fingerprint density at radius 2 is 1.52 bits per heavy atom. The third kappa shape index (κ3) is 4.92. The molecule has 0 saturated carbocycles. The maximum absolute atomic E-state index is 9.90. The lowest BCUT2D eigenvalue weighted by atomic mass is 9.94. The van der Waals surface area contributed by atoms with Crippen molar-refractivity contribution in [2.75, 3.05) is 6.54 Å². The Morgan fingerprint density at radius 1 is 0.905 bits per heavy atom. The van der Waals surface area contributed by atoms with Gasteiger partial charge in [0.15, 0.2) is 0 Å². The molecule has 0 spiro atoms. The number of rotatable bonds is 7. The minimum absolute atomic E-state index is 0.332. The largest absolute Gasteiger partial charge is 0.234 e. The minimum atomic E-state index is 0.332. The van der Waals surface area contributed by atoms with Crippen molar-refractivity contribution in [2.45, 2.75) is 32.1 Å². The van der Waals surface area contributed by atoms with Crippen molar-refractivity contribution in [3.8, 4) is 18.2 Å². The van der Waals surface area contributed by atoms with E-state index in [1.807, 2.05) is 6.07 Å². The van der Waals surface area contributed by atoms with Crippen molar-refractivity contribution < 1.29 is 4.79 Å². The molecular weight excluding hydrogens is 264 g/mol. The monoisotopic (exact) mass is 278 g/mol. The quantitative estimate of drug-likeness (QED) is 0.434. The summed E-state index contributed by atoms with van der Waals surface area (Å²) in [5.74, 6) is 0. The first-order chi connectivity index (χ1) is 10.3. The first-order valence-electron chi connectivity index (χ1n) is 6.67. The van der Waals surface area contributed by atoms with Gasteiger partial charge in [-0.1, -0.05) is 12.8 Å². The average Bonchev–Trinajstić information content (AvgIpc) is 2.53. The highest BCUT2D eigenvalue weighted by Gasteiger charge is 2.10. The SMILES string of the molecule is N#Cc1cc(C#N)c(CCCCCCN=C=O)c(C#N)c1. The van der Waals surface area contributed by atoms with Gasteiger partial charge in [0, 0.05) is 0 Å². The van der Waals surface area contributed by atoms with Crippen molar-refractivity contribution in [1.82, 2.24) is 0 Å². The third-order valence-electron chi connectivity index (χ3n) is 3.13. The normalized spacial score (nSPS) is 9.00. The maximum atomic E-state index is 9.90. The first-order valence-corrected chi connectivity index (χ1v) is 6.67. The van der Waals surface area contributed by atoms with Crippen LogP contribution >= 0.6 is 0 Å². The Hall–Kier alpha value is -2.93. The summed E-state index contributed by atoms with van der Waals surface area (Å²) in [5, 5.41) is 27.2. The molecule has 0 aliphatic heterocycles. The number of nitriles is 3. The van der Waals surface area contributed by atoms with Gasteiger partial charge in [-0.3, -0.25) is 0 Å². The van der Waals surface area contributed by atoms with Gasteiger partial charge in [0.05, 0.1) is 41.4 Å². The van der Waals surface area contributed by atoms with Crippen LogP contribution in [0.5, 0.6) is 0 Å². The maximum Gasteiger partial charge on any atom is 0.234 e. The lowest BCUT2D eigenvalue weighted by Gasteiger charge is -2.07. The molecule has 0 radical (unpaired) electrons. The summed E-state index contributed by atoms with van der Waals surface area (Å²) in [6, 6.07) is 9.11. The van der Waals surface area contributed by atoms with Crippen LogP contribution < -0.4 is 0 Å². The zero-order valence-corrected chi connectivity index (χ0v) is 11.6. The molecule has 5 heteroatoms. The van der Waals surface area contributed by atoms with E-state index in [9.17, 15) is 4.79 Å². The molecule has 0 aliphatic carbocycles. The molecule has 104 valence electrons. The molecular formula is C16H14N4O. The zero-order chi connectivity index (χ0) is 15.5. The molecule has 0 aromatic heterocycles. The van der Waals surface area contributed by atoms with Gasteiger partial charge in [-0.25, -0.2) is 9.79 Å². The molecule has 1 aromatic rings. The average molecular weight is 278 g/mol. The lowest BCUT2D eigenvalue weighted by Crippen LogP contribution is -1.97. The van der Waals surface area contributed by atoms with E-state index in [4.69, 9.17) is 15.8 Å². The van der Waals surface area contributed by atoms with Gasteiger partial charge >= 0.3 is 0 Å².